The molecule has 2 aromatic heterocycles. The summed E-state index contributed by atoms with van der Waals surface area (Å²) in [5, 5.41) is 0.567. The molecule has 0 saturated carbocycles. The second-order valence-corrected chi connectivity index (χ2v) is 13.2. The van der Waals surface area contributed by atoms with Crippen LogP contribution in [-0.2, 0) is 10.9 Å². The zero-order valence-electron chi connectivity index (χ0n) is 26.3. The lowest BCUT2D eigenvalue weighted by Crippen LogP contribution is -2.54. The number of hydrogen-bond acceptors (Lipinski definition) is 9. The van der Waals surface area contributed by atoms with Crippen molar-refractivity contribution in [1.29, 1.82) is 0 Å². The first kappa shape index (κ1) is 32.8. The summed E-state index contributed by atoms with van der Waals surface area (Å²) in [6.45, 7) is 11.2. The van der Waals surface area contributed by atoms with Gasteiger partial charge in [0.05, 0.1) is 21.8 Å². The van der Waals surface area contributed by atoms with Crippen LogP contribution in [0.1, 0.15) is 51.7 Å². The van der Waals surface area contributed by atoms with Crippen molar-refractivity contribution < 1.29 is 27.4 Å². The maximum atomic E-state index is 14.2. The predicted octanol–water partition coefficient (Wildman–Crippen LogP) is 6.17. The van der Waals surface area contributed by atoms with Crippen LogP contribution in [0, 0.1) is 6.92 Å². The Balaban J connectivity index is 1.58. The molecule has 4 heterocycles. The number of aryl methyl sites for hydroxylation is 1. The molecule has 5 rings (SSSR count). The standard InChI is InChI=1S/C31H39ClF3N7O3/c1-17-12-24(36)38-26(25(17)31(33,34)35)20-14-23-21(13-22(20)32)27(39-28(37-23)44-16-19-8-7-9-40(19)6)42-11-10-41(15-18(42)2)29(43)45-30(3,4)5/h12-14,18-19H,7-11,15-16H2,1-6H3,(H2,36,38). The summed E-state index contributed by atoms with van der Waals surface area (Å²) in [6.07, 6.45) is -3.06. The average Bonchev–Trinajstić information content (AvgIpc) is 3.33. The SMILES string of the molecule is Cc1cc(N)nc(-c2cc3nc(OCC4CCCN4C)nc(N4CCN(C(=O)OC(C)(C)C)CC4C)c3cc2Cl)c1C(F)(F)F. The molecule has 45 heavy (non-hydrogen) atoms. The van der Waals surface area contributed by atoms with E-state index >= 15 is 0 Å². The van der Waals surface area contributed by atoms with Crippen molar-refractivity contribution in [2.45, 2.75) is 71.3 Å². The number of piperazine rings is 1. The van der Waals surface area contributed by atoms with Gasteiger partial charge in [0.1, 0.15) is 23.8 Å². The minimum atomic E-state index is -4.69. The molecule has 2 unspecified atom stereocenters. The molecule has 3 aromatic rings. The van der Waals surface area contributed by atoms with Crippen LogP contribution in [-0.4, -0.2) is 88.4 Å². The number of halogens is 4. The highest BCUT2D eigenvalue weighted by Gasteiger charge is 2.38. The molecule has 2 aliphatic heterocycles. The fourth-order valence-corrected chi connectivity index (χ4v) is 6.21. The highest BCUT2D eigenvalue weighted by molar-refractivity contribution is 6.34. The summed E-state index contributed by atoms with van der Waals surface area (Å²) in [7, 11) is 2.03. The summed E-state index contributed by atoms with van der Waals surface area (Å²) in [5.74, 6) is 0.448. The molecule has 0 aliphatic carbocycles. The lowest BCUT2D eigenvalue weighted by molar-refractivity contribution is -0.137. The number of likely N-dealkylation sites (tertiary alicyclic amines) is 1. The van der Waals surface area contributed by atoms with Gasteiger partial charge in [0.2, 0.25) is 0 Å². The number of carbonyl (C=O) groups is 1. The van der Waals surface area contributed by atoms with E-state index < -0.39 is 23.4 Å². The van der Waals surface area contributed by atoms with Crippen LogP contribution in [0.2, 0.25) is 5.02 Å². The lowest BCUT2D eigenvalue weighted by Gasteiger charge is -2.41. The zero-order chi connectivity index (χ0) is 32.8. The third kappa shape index (κ3) is 7.14. The molecule has 1 aromatic carbocycles. The molecular weight excluding hydrogens is 611 g/mol. The molecule has 0 bridgehead atoms. The Morgan fingerprint density at radius 3 is 2.47 bits per heavy atom. The van der Waals surface area contributed by atoms with Gasteiger partial charge in [-0.05, 0) is 84.8 Å². The van der Waals surface area contributed by atoms with Gasteiger partial charge < -0.3 is 29.9 Å². The first-order valence-corrected chi connectivity index (χ1v) is 15.3. The fraction of sp³-hybridized carbons (Fsp3) is 0.548. The number of hydrogen-bond donors (Lipinski definition) is 1. The van der Waals surface area contributed by atoms with Crippen LogP contribution in [0.5, 0.6) is 6.01 Å². The Labute approximate surface area is 265 Å². The second-order valence-electron chi connectivity index (χ2n) is 12.8. The minimum Gasteiger partial charge on any atom is -0.462 e. The Bertz CT molecular complexity index is 1600. The number of anilines is 2. The van der Waals surface area contributed by atoms with Gasteiger partial charge in [-0.15, -0.1) is 0 Å². The van der Waals surface area contributed by atoms with E-state index in [-0.39, 0.29) is 45.8 Å². The summed E-state index contributed by atoms with van der Waals surface area (Å²) in [6, 6.07) is 4.33. The number of nitrogens with two attached hydrogens (primary N) is 1. The number of nitrogen functional groups attached to an aromatic ring is 1. The maximum Gasteiger partial charge on any atom is 0.418 e. The zero-order valence-corrected chi connectivity index (χ0v) is 27.1. The van der Waals surface area contributed by atoms with Gasteiger partial charge in [-0.1, -0.05) is 11.6 Å². The molecule has 2 fully saturated rings. The van der Waals surface area contributed by atoms with E-state index in [1.54, 1.807) is 11.0 Å². The van der Waals surface area contributed by atoms with E-state index in [9.17, 15) is 18.0 Å². The van der Waals surface area contributed by atoms with Crippen molar-refractivity contribution in [2.24, 2.45) is 0 Å². The van der Waals surface area contributed by atoms with Gasteiger partial charge >= 0.3 is 18.3 Å². The highest BCUT2D eigenvalue weighted by atomic mass is 35.5. The van der Waals surface area contributed by atoms with Crippen molar-refractivity contribution in [3.8, 4) is 17.3 Å². The smallest absolute Gasteiger partial charge is 0.418 e. The van der Waals surface area contributed by atoms with E-state index in [2.05, 4.69) is 14.9 Å². The number of rotatable bonds is 5. The molecule has 14 heteroatoms. The average molecular weight is 650 g/mol. The van der Waals surface area contributed by atoms with E-state index in [0.717, 1.165) is 19.4 Å². The lowest BCUT2D eigenvalue weighted by atomic mass is 9.99. The molecule has 2 saturated heterocycles. The Kier molecular flexibility index (Phi) is 8.98. The van der Waals surface area contributed by atoms with Crippen molar-refractivity contribution in [2.75, 3.05) is 50.5 Å². The van der Waals surface area contributed by atoms with Crippen molar-refractivity contribution >= 4 is 40.2 Å². The van der Waals surface area contributed by atoms with E-state index in [1.165, 1.54) is 19.1 Å². The quantitative estimate of drug-likeness (QED) is 0.347. The number of alkyl halides is 3. The molecule has 2 aliphatic rings. The van der Waals surface area contributed by atoms with Crippen LogP contribution in [0.3, 0.4) is 0 Å². The van der Waals surface area contributed by atoms with Crippen LogP contribution < -0.4 is 15.4 Å². The van der Waals surface area contributed by atoms with Gasteiger partial charge in [-0.2, -0.15) is 23.1 Å². The molecule has 0 spiro atoms. The molecule has 2 atom stereocenters. The third-order valence-corrected chi connectivity index (χ3v) is 8.46. The second kappa shape index (κ2) is 12.3. The normalized spacial score (nSPS) is 19.8. The first-order chi connectivity index (χ1) is 21.0. The topological polar surface area (TPSA) is 110 Å². The van der Waals surface area contributed by atoms with E-state index in [1.807, 2.05) is 39.6 Å². The summed E-state index contributed by atoms with van der Waals surface area (Å²) in [4.78, 5) is 32.2. The Morgan fingerprint density at radius 1 is 1.11 bits per heavy atom. The van der Waals surface area contributed by atoms with Crippen LogP contribution >= 0.6 is 11.6 Å². The van der Waals surface area contributed by atoms with Crippen LogP contribution in [0.25, 0.3) is 22.2 Å². The molecule has 1 amide bonds. The fourth-order valence-electron chi connectivity index (χ4n) is 5.95. The first-order valence-electron chi connectivity index (χ1n) is 15.0. The number of amides is 1. The number of nitrogens with zero attached hydrogens (tertiary/aromatic N) is 6. The van der Waals surface area contributed by atoms with Crippen molar-refractivity contribution in [3.05, 3.63) is 34.3 Å². The maximum absolute atomic E-state index is 14.2. The molecular formula is C31H39ClF3N7O3. The van der Waals surface area contributed by atoms with Gasteiger partial charge in [-0.3, -0.25) is 0 Å². The van der Waals surface area contributed by atoms with Gasteiger partial charge in [0.25, 0.3) is 0 Å². The summed E-state index contributed by atoms with van der Waals surface area (Å²) >= 11 is 6.71. The monoisotopic (exact) mass is 649 g/mol. The van der Waals surface area contributed by atoms with Crippen molar-refractivity contribution in [3.63, 3.8) is 0 Å². The predicted molar refractivity (Wildman–Crippen MR) is 168 cm³/mol. The Hall–Kier alpha value is -3.58. The summed E-state index contributed by atoms with van der Waals surface area (Å²) < 4.78 is 54.4. The number of likely N-dealkylation sites (N-methyl/N-ethyl adjacent to an activating group) is 1. The Morgan fingerprint density at radius 2 is 1.84 bits per heavy atom. The van der Waals surface area contributed by atoms with Gasteiger partial charge in [-0.25, -0.2) is 9.78 Å². The number of ether oxygens (including phenoxy) is 2. The van der Waals surface area contributed by atoms with Gasteiger partial charge in [0.15, 0.2) is 0 Å². The highest BCUT2D eigenvalue weighted by Crippen LogP contribution is 2.43. The minimum absolute atomic E-state index is 0.0386. The van der Waals surface area contributed by atoms with Crippen molar-refractivity contribution in [1.82, 2.24) is 24.8 Å². The molecule has 10 nitrogen and oxygen atoms in total. The third-order valence-electron chi connectivity index (χ3n) is 8.15. The number of carbonyl (C=O) groups excluding carboxylic acids is 1. The number of fused-ring (bicyclic) bond motifs is 1. The number of pyridine rings is 1. The number of benzene rings is 1. The number of aromatic nitrogens is 3. The molecule has 244 valence electrons. The van der Waals surface area contributed by atoms with E-state index in [4.69, 9.17) is 31.8 Å². The van der Waals surface area contributed by atoms with E-state index in [0.29, 0.717) is 43.0 Å². The molecule has 2 N–H and O–H groups in total. The largest absolute Gasteiger partial charge is 0.462 e. The van der Waals surface area contributed by atoms with Gasteiger partial charge in [0, 0.05) is 42.7 Å². The van der Waals surface area contributed by atoms with Crippen LogP contribution in [0.4, 0.5) is 29.6 Å². The molecule has 0 radical (unpaired) electrons. The summed E-state index contributed by atoms with van der Waals surface area (Å²) in [5.41, 5.74) is 4.29. The van der Waals surface area contributed by atoms with Crippen LogP contribution in [0.15, 0.2) is 18.2 Å².